The van der Waals surface area contributed by atoms with Crippen LogP contribution in [0.15, 0.2) is 34.2 Å². The van der Waals surface area contributed by atoms with Gasteiger partial charge in [0.15, 0.2) is 5.16 Å². The topological polar surface area (TPSA) is 64.0 Å². The molecule has 1 amide bonds. The second kappa shape index (κ2) is 7.20. The fourth-order valence-electron chi connectivity index (χ4n) is 3.52. The normalized spacial score (nSPS) is 18.4. The third kappa shape index (κ3) is 3.73. The van der Waals surface area contributed by atoms with Crippen LogP contribution < -0.4 is 10.9 Å². The second-order valence-corrected chi connectivity index (χ2v) is 7.95. The Labute approximate surface area is 151 Å². The SMILES string of the molecule is O=C(CSc1nc2ccccc2c(=O)n1C1CCCCC1)NC1CC1. The Balaban J connectivity index is 1.66. The fourth-order valence-corrected chi connectivity index (χ4v) is 4.39. The van der Waals surface area contributed by atoms with Gasteiger partial charge >= 0.3 is 0 Å². The van der Waals surface area contributed by atoms with Crippen LogP contribution in [-0.4, -0.2) is 27.3 Å². The number of carbonyl (C=O) groups excluding carboxylic acids is 1. The van der Waals surface area contributed by atoms with Crippen LogP contribution >= 0.6 is 11.8 Å². The van der Waals surface area contributed by atoms with Crippen molar-refractivity contribution in [3.63, 3.8) is 0 Å². The number of aromatic nitrogens is 2. The number of rotatable bonds is 5. The maximum absolute atomic E-state index is 13.1. The molecule has 2 saturated carbocycles. The molecule has 1 N–H and O–H groups in total. The van der Waals surface area contributed by atoms with Crippen molar-refractivity contribution in [1.29, 1.82) is 0 Å². The van der Waals surface area contributed by atoms with E-state index in [0.717, 1.165) is 38.5 Å². The van der Waals surface area contributed by atoms with Crippen LogP contribution in [0, 0.1) is 0 Å². The van der Waals surface area contributed by atoms with Gasteiger partial charge in [0, 0.05) is 12.1 Å². The lowest BCUT2D eigenvalue weighted by molar-refractivity contribution is -0.118. The van der Waals surface area contributed by atoms with E-state index in [4.69, 9.17) is 4.98 Å². The number of carbonyl (C=O) groups is 1. The number of para-hydroxylation sites is 1. The summed E-state index contributed by atoms with van der Waals surface area (Å²) in [7, 11) is 0. The van der Waals surface area contributed by atoms with E-state index in [-0.39, 0.29) is 17.5 Å². The van der Waals surface area contributed by atoms with Gasteiger partial charge in [0.05, 0.1) is 16.7 Å². The Hall–Kier alpha value is -1.82. The number of hydrogen-bond acceptors (Lipinski definition) is 4. The van der Waals surface area contributed by atoms with Crippen LogP contribution in [0.4, 0.5) is 0 Å². The van der Waals surface area contributed by atoms with Gasteiger partial charge in [0.25, 0.3) is 5.56 Å². The molecule has 2 aromatic rings. The van der Waals surface area contributed by atoms with Crippen molar-refractivity contribution in [2.45, 2.75) is 62.2 Å². The molecule has 6 heteroatoms. The minimum atomic E-state index is 0.0302. The van der Waals surface area contributed by atoms with Crippen molar-refractivity contribution in [3.8, 4) is 0 Å². The number of nitrogens with zero attached hydrogens (tertiary/aromatic N) is 2. The molecule has 0 saturated heterocycles. The third-order valence-corrected chi connectivity index (χ3v) is 5.94. The molecule has 0 unspecified atom stereocenters. The highest BCUT2D eigenvalue weighted by atomic mass is 32.2. The summed E-state index contributed by atoms with van der Waals surface area (Å²) in [6, 6.07) is 8.06. The van der Waals surface area contributed by atoms with E-state index in [1.54, 1.807) is 0 Å². The van der Waals surface area contributed by atoms with Gasteiger partial charge in [0.1, 0.15) is 0 Å². The number of hydrogen-bond donors (Lipinski definition) is 1. The van der Waals surface area contributed by atoms with Gasteiger partial charge in [-0.3, -0.25) is 14.2 Å². The molecule has 1 aromatic heterocycles. The zero-order valence-electron chi connectivity index (χ0n) is 14.2. The molecule has 1 aromatic carbocycles. The molecule has 4 rings (SSSR count). The van der Waals surface area contributed by atoms with Crippen molar-refractivity contribution < 1.29 is 4.79 Å². The summed E-state index contributed by atoms with van der Waals surface area (Å²) in [6.45, 7) is 0. The molecule has 0 bridgehead atoms. The summed E-state index contributed by atoms with van der Waals surface area (Å²) < 4.78 is 1.86. The fraction of sp³-hybridized carbons (Fsp3) is 0.526. The summed E-state index contributed by atoms with van der Waals surface area (Å²) in [5.41, 5.74) is 0.743. The molecule has 132 valence electrons. The van der Waals surface area contributed by atoms with E-state index >= 15 is 0 Å². The average molecular weight is 357 g/mol. The molecule has 2 aliphatic rings. The molecular weight excluding hydrogens is 334 g/mol. The Morgan fingerprint density at radius 2 is 1.92 bits per heavy atom. The van der Waals surface area contributed by atoms with Crippen molar-refractivity contribution in [2.75, 3.05) is 5.75 Å². The standard InChI is InChI=1S/C19H23N3O2S/c23-17(20-13-10-11-13)12-25-19-21-16-9-5-4-8-15(16)18(24)22(19)14-6-2-1-3-7-14/h4-5,8-9,13-14H,1-3,6-7,10-12H2,(H,20,23). The van der Waals surface area contributed by atoms with Gasteiger partial charge in [-0.1, -0.05) is 43.2 Å². The van der Waals surface area contributed by atoms with Crippen LogP contribution in [0.5, 0.6) is 0 Å². The summed E-state index contributed by atoms with van der Waals surface area (Å²) in [6.07, 6.45) is 7.73. The molecule has 1 heterocycles. The van der Waals surface area contributed by atoms with Crippen LogP contribution in [0.25, 0.3) is 10.9 Å². The third-order valence-electron chi connectivity index (χ3n) is 4.99. The first-order valence-corrected chi connectivity index (χ1v) is 10.1. The largest absolute Gasteiger partial charge is 0.353 e. The quantitative estimate of drug-likeness (QED) is 0.659. The van der Waals surface area contributed by atoms with E-state index in [9.17, 15) is 9.59 Å². The zero-order valence-corrected chi connectivity index (χ0v) is 15.1. The summed E-state index contributed by atoms with van der Waals surface area (Å²) >= 11 is 1.39. The number of amides is 1. The van der Waals surface area contributed by atoms with Crippen LogP contribution in [0.1, 0.15) is 51.0 Å². The maximum atomic E-state index is 13.1. The first-order valence-electron chi connectivity index (χ1n) is 9.16. The molecule has 2 fully saturated rings. The highest BCUT2D eigenvalue weighted by Gasteiger charge is 2.25. The van der Waals surface area contributed by atoms with Crippen molar-refractivity contribution in [3.05, 3.63) is 34.6 Å². The molecule has 0 spiro atoms. The number of thioether (sulfide) groups is 1. The number of fused-ring (bicyclic) bond motifs is 1. The summed E-state index contributed by atoms with van der Waals surface area (Å²) in [5, 5.41) is 4.35. The predicted octanol–water partition coefficient (Wildman–Crippen LogP) is 3.27. The van der Waals surface area contributed by atoms with E-state index in [0.29, 0.717) is 27.9 Å². The number of benzene rings is 1. The predicted molar refractivity (Wildman–Crippen MR) is 100 cm³/mol. The first-order chi connectivity index (χ1) is 12.2. The molecule has 2 aliphatic carbocycles. The zero-order chi connectivity index (χ0) is 17.2. The lowest BCUT2D eigenvalue weighted by Gasteiger charge is -2.26. The van der Waals surface area contributed by atoms with Gasteiger partial charge in [-0.05, 0) is 37.8 Å². The molecule has 0 atom stereocenters. The minimum absolute atomic E-state index is 0.0302. The molecule has 25 heavy (non-hydrogen) atoms. The van der Waals surface area contributed by atoms with Gasteiger partial charge in [0.2, 0.25) is 5.91 Å². The lowest BCUT2D eigenvalue weighted by atomic mass is 9.95. The van der Waals surface area contributed by atoms with Crippen LogP contribution in [-0.2, 0) is 4.79 Å². The highest BCUT2D eigenvalue weighted by Crippen LogP contribution is 2.31. The Morgan fingerprint density at radius 1 is 1.16 bits per heavy atom. The van der Waals surface area contributed by atoms with Gasteiger partial charge in [-0.15, -0.1) is 0 Å². The van der Waals surface area contributed by atoms with Gasteiger partial charge < -0.3 is 5.32 Å². The van der Waals surface area contributed by atoms with Crippen molar-refractivity contribution in [2.24, 2.45) is 0 Å². The Kier molecular flexibility index (Phi) is 4.79. The lowest BCUT2D eigenvalue weighted by Crippen LogP contribution is -2.30. The maximum Gasteiger partial charge on any atom is 0.262 e. The Morgan fingerprint density at radius 3 is 2.68 bits per heavy atom. The monoisotopic (exact) mass is 357 g/mol. The van der Waals surface area contributed by atoms with Gasteiger partial charge in [-0.25, -0.2) is 4.98 Å². The molecular formula is C19H23N3O2S. The molecule has 5 nitrogen and oxygen atoms in total. The van der Waals surface area contributed by atoms with Crippen molar-refractivity contribution >= 4 is 28.6 Å². The summed E-state index contributed by atoms with van der Waals surface area (Å²) in [4.78, 5) is 29.9. The smallest absolute Gasteiger partial charge is 0.262 e. The Bertz CT molecular complexity index is 838. The minimum Gasteiger partial charge on any atom is -0.353 e. The van der Waals surface area contributed by atoms with Crippen LogP contribution in [0.3, 0.4) is 0 Å². The van der Waals surface area contributed by atoms with E-state index in [1.807, 2.05) is 28.8 Å². The van der Waals surface area contributed by atoms with E-state index in [2.05, 4.69) is 5.32 Å². The van der Waals surface area contributed by atoms with E-state index < -0.39 is 0 Å². The van der Waals surface area contributed by atoms with Crippen molar-refractivity contribution in [1.82, 2.24) is 14.9 Å². The molecule has 0 aliphatic heterocycles. The van der Waals surface area contributed by atoms with Gasteiger partial charge in [-0.2, -0.15) is 0 Å². The molecule has 0 radical (unpaired) electrons. The second-order valence-electron chi connectivity index (χ2n) is 7.01. The number of nitrogens with one attached hydrogen (secondary N) is 1. The van der Waals surface area contributed by atoms with E-state index in [1.165, 1.54) is 18.2 Å². The summed E-state index contributed by atoms with van der Waals surface area (Å²) in [5.74, 6) is 0.346. The van der Waals surface area contributed by atoms with Crippen LogP contribution in [0.2, 0.25) is 0 Å². The average Bonchev–Trinajstić information content (AvgIpc) is 3.45. The highest BCUT2D eigenvalue weighted by molar-refractivity contribution is 7.99. The first kappa shape index (κ1) is 16.6.